The van der Waals surface area contributed by atoms with Crippen molar-refractivity contribution in [1.29, 1.82) is 0 Å². The Labute approximate surface area is 120 Å². The Morgan fingerprint density at radius 2 is 1.58 bits per heavy atom. The van der Waals surface area contributed by atoms with Crippen LogP contribution in [0.15, 0.2) is 0 Å². The highest BCUT2D eigenvalue weighted by Gasteiger charge is 2.57. The molecule has 0 radical (unpaired) electrons. The average molecular weight is 266 g/mol. The molecule has 0 saturated heterocycles. The lowest BCUT2D eigenvalue weighted by Crippen LogP contribution is -2.21. The molecule has 0 amide bonds. The first-order valence-corrected chi connectivity index (χ1v) is 8.96. The molecule has 2 aliphatic carbocycles. The predicted molar refractivity (Wildman–Crippen MR) is 82.2 cm³/mol. The smallest absolute Gasteiger partial charge is 0.0573 e. The van der Waals surface area contributed by atoms with E-state index in [2.05, 4.69) is 6.92 Å². The quantitative estimate of drug-likeness (QED) is 0.521. The van der Waals surface area contributed by atoms with Gasteiger partial charge in [-0.1, -0.05) is 71.1 Å². The van der Waals surface area contributed by atoms with Crippen LogP contribution < -0.4 is 0 Å². The molecule has 19 heavy (non-hydrogen) atoms. The summed E-state index contributed by atoms with van der Waals surface area (Å²) in [5.41, 5.74) is 0.610. The molecular weight excluding hydrogens is 232 g/mol. The maximum Gasteiger partial charge on any atom is 0.0573 e. The van der Waals surface area contributed by atoms with Gasteiger partial charge in [0.25, 0.3) is 0 Å². The summed E-state index contributed by atoms with van der Waals surface area (Å²) < 4.78 is 0. The number of hydrogen-bond donors (Lipinski definition) is 1. The van der Waals surface area contributed by atoms with Gasteiger partial charge in [0.15, 0.2) is 0 Å². The molecule has 2 saturated carbocycles. The molecule has 0 unspecified atom stereocenters. The Kier molecular flexibility index (Phi) is 6.19. The number of aliphatic hydroxyl groups excluding tert-OH is 1. The zero-order chi connectivity index (χ0) is 13.6. The minimum Gasteiger partial charge on any atom is -0.393 e. The molecule has 112 valence electrons. The summed E-state index contributed by atoms with van der Waals surface area (Å²) in [5, 5.41) is 9.93. The van der Waals surface area contributed by atoms with Gasteiger partial charge >= 0.3 is 0 Å². The third-order valence-corrected chi connectivity index (χ3v) is 5.67. The van der Waals surface area contributed by atoms with Crippen molar-refractivity contribution in [3.8, 4) is 0 Å². The van der Waals surface area contributed by atoms with Crippen LogP contribution >= 0.6 is 0 Å². The minimum atomic E-state index is 0.0484. The van der Waals surface area contributed by atoms with E-state index in [9.17, 15) is 5.11 Å². The maximum atomic E-state index is 9.93. The summed E-state index contributed by atoms with van der Waals surface area (Å²) >= 11 is 0. The van der Waals surface area contributed by atoms with E-state index in [4.69, 9.17) is 0 Å². The Balaban J connectivity index is 1.43. The largest absolute Gasteiger partial charge is 0.393 e. The third-order valence-electron chi connectivity index (χ3n) is 5.67. The number of unbranched alkanes of at least 4 members (excludes halogenated alkanes) is 8. The summed E-state index contributed by atoms with van der Waals surface area (Å²) in [4.78, 5) is 0. The zero-order valence-corrected chi connectivity index (χ0v) is 13.0. The Hall–Kier alpha value is -0.0400. The summed E-state index contributed by atoms with van der Waals surface area (Å²) in [6, 6.07) is 0. The van der Waals surface area contributed by atoms with Gasteiger partial charge in [0, 0.05) is 0 Å². The van der Waals surface area contributed by atoms with Gasteiger partial charge in [-0.3, -0.25) is 0 Å². The van der Waals surface area contributed by atoms with Gasteiger partial charge < -0.3 is 5.11 Å². The van der Waals surface area contributed by atoms with Crippen LogP contribution in [0.3, 0.4) is 0 Å². The van der Waals surface area contributed by atoms with Crippen LogP contribution in [-0.2, 0) is 0 Å². The molecule has 3 atom stereocenters. The third kappa shape index (κ3) is 4.48. The fourth-order valence-corrected chi connectivity index (χ4v) is 4.28. The van der Waals surface area contributed by atoms with Crippen molar-refractivity contribution in [2.45, 2.75) is 103 Å². The fraction of sp³-hybridized carbons (Fsp3) is 1.00. The molecule has 1 N–H and O–H groups in total. The fourth-order valence-electron chi connectivity index (χ4n) is 4.28. The Morgan fingerprint density at radius 1 is 0.947 bits per heavy atom. The molecule has 0 aliphatic heterocycles. The normalized spacial score (nSPS) is 33.2. The standard InChI is InChI=1S/C18H34O/c1-2-3-4-5-6-7-8-9-10-13-18-14-11-12-17(19)16(18)15-18/h16-17,19H,2-15H2,1H3/t16-,17-,18-/m0/s1. The molecule has 0 aromatic carbocycles. The second-order valence-electron chi connectivity index (χ2n) is 7.21. The molecule has 0 aromatic heterocycles. The van der Waals surface area contributed by atoms with E-state index < -0.39 is 0 Å². The lowest BCUT2D eigenvalue weighted by Gasteiger charge is -2.25. The zero-order valence-electron chi connectivity index (χ0n) is 13.0. The van der Waals surface area contributed by atoms with Gasteiger partial charge in [0.05, 0.1) is 6.10 Å². The average Bonchev–Trinajstić information content (AvgIpc) is 3.13. The summed E-state index contributed by atoms with van der Waals surface area (Å²) in [6.07, 6.45) is 19.4. The molecular formula is C18H34O. The van der Waals surface area contributed by atoms with Crippen LogP contribution in [0.5, 0.6) is 0 Å². The second-order valence-corrected chi connectivity index (χ2v) is 7.21. The lowest BCUT2D eigenvalue weighted by atomic mass is 9.83. The van der Waals surface area contributed by atoms with Gasteiger partial charge in [0.2, 0.25) is 0 Å². The van der Waals surface area contributed by atoms with Gasteiger partial charge in [0.1, 0.15) is 0 Å². The van der Waals surface area contributed by atoms with Crippen molar-refractivity contribution < 1.29 is 5.11 Å². The summed E-state index contributed by atoms with van der Waals surface area (Å²) in [7, 11) is 0. The first kappa shape index (κ1) is 15.4. The van der Waals surface area contributed by atoms with Crippen LogP contribution in [-0.4, -0.2) is 11.2 Å². The van der Waals surface area contributed by atoms with E-state index in [0.717, 1.165) is 6.42 Å². The SMILES string of the molecule is CCCCCCCCCCC[C@@]12CCC[C@H](O)[C@@H]1C2. The lowest BCUT2D eigenvalue weighted by molar-refractivity contribution is 0.0896. The van der Waals surface area contributed by atoms with E-state index in [-0.39, 0.29) is 6.10 Å². The van der Waals surface area contributed by atoms with E-state index in [0.29, 0.717) is 11.3 Å². The molecule has 2 rings (SSSR count). The Morgan fingerprint density at radius 3 is 2.26 bits per heavy atom. The topological polar surface area (TPSA) is 20.2 Å². The van der Waals surface area contributed by atoms with Crippen molar-refractivity contribution in [2.75, 3.05) is 0 Å². The van der Waals surface area contributed by atoms with Crippen molar-refractivity contribution >= 4 is 0 Å². The highest BCUT2D eigenvalue weighted by Crippen LogP contribution is 2.64. The van der Waals surface area contributed by atoms with Crippen LogP contribution in [0.4, 0.5) is 0 Å². The number of fused-ring (bicyclic) bond motifs is 1. The van der Waals surface area contributed by atoms with Crippen LogP contribution in [0.25, 0.3) is 0 Å². The van der Waals surface area contributed by atoms with E-state index in [1.54, 1.807) is 0 Å². The second kappa shape index (κ2) is 7.67. The van der Waals surface area contributed by atoms with Crippen molar-refractivity contribution in [3.63, 3.8) is 0 Å². The van der Waals surface area contributed by atoms with E-state index in [1.807, 2.05) is 0 Å². The maximum absolute atomic E-state index is 9.93. The highest BCUT2D eigenvalue weighted by atomic mass is 16.3. The van der Waals surface area contributed by atoms with Crippen LogP contribution in [0, 0.1) is 11.3 Å². The molecule has 0 spiro atoms. The Bertz CT molecular complexity index is 250. The van der Waals surface area contributed by atoms with Gasteiger partial charge in [-0.25, -0.2) is 0 Å². The van der Waals surface area contributed by atoms with Crippen molar-refractivity contribution in [1.82, 2.24) is 0 Å². The number of hydrogen-bond acceptors (Lipinski definition) is 1. The first-order chi connectivity index (χ1) is 9.28. The van der Waals surface area contributed by atoms with Gasteiger partial charge in [-0.05, 0) is 37.0 Å². The van der Waals surface area contributed by atoms with E-state index in [1.165, 1.54) is 83.5 Å². The highest BCUT2D eigenvalue weighted by molar-refractivity contribution is 5.07. The van der Waals surface area contributed by atoms with Gasteiger partial charge in [-0.2, -0.15) is 0 Å². The molecule has 2 fully saturated rings. The first-order valence-electron chi connectivity index (χ1n) is 8.96. The monoisotopic (exact) mass is 266 g/mol. The van der Waals surface area contributed by atoms with E-state index >= 15 is 0 Å². The summed E-state index contributed by atoms with van der Waals surface area (Å²) in [6.45, 7) is 2.28. The number of aliphatic hydroxyl groups is 1. The molecule has 0 bridgehead atoms. The molecule has 1 nitrogen and oxygen atoms in total. The predicted octanol–water partition coefficient (Wildman–Crippen LogP) is 5.46. The number of rotatable bonds is 10. The molecule has 1 heteroatoms. The van der Waals surface area contributed by atoms with Crippen molar-refractivity contribution in [3.05, 3.63) is 0 Å². The summed E-state index contributed by atoms with van der Waals surface area (Å²) in [5.74, 6) is 0.690. The molecule has 0 heterocycles. The van der Waals surface area contributed by atoms with Crippen molar-refractivity contribution in [2.24, 2.45) is 11.3 Å². The minimum absolute atomic E-state index is 0.0484. The van der Waals surface area contributed by atoms with Gasteiger partial charge in [-0.15, -0.1) is 0 Å². The molecule has 0 aromatic rings. The molecule has 2 aliphatic rings. The van der Waals surface area contributed by atoms with Crippen LogP contribution in [0.2, 0.25) is 0 Å². The van der Waals surface area contributed by atoms with Crippen LogP contribution in [0.1, 0.15) is 96.8 Å².